The molecule has 0 spiro atoms. The van der Waals surface area contributed by atoms with Crippen LogP contribution in [0.25, 0.3) is 0 Å². The number of carbonyl (C=O) groups excluding carboxylic acids is 1. The van der Waals surface area contributed by atoms with E-state index in [4.69, 9.17) is 11.5 Å². The second-order valence-electron chi connectivity index (χ2n) is 3.99. The molecule has 0 heterocycles. The summed E-state index contributed by atoms with van der Waals surface area (Å²) in [6.07, 6.45) is 0. The van der Waals surface area contributed by atoms with Gasteiger partial charge >= 0.3 is 0 Å². The topological polar surface area (TPSA) is 72.3 Å². The second kappa shape index (κ2) is 7.28. The highest BCUT2D eigenvalue weighted by atomic mass is 32.2. The van der Waals surface area contributed by atoms with Gasteiger partial charge in [-0.2, -0.15) is 0 Å². The van der Waals surface area contributed by atoms with Gasteiger partial charge in [0.05, 0.1) is 0 Å². The Bertz CT molecular complexity index is 405. The molecule has 0 saturated carbocycles. The van der Waals surface area contributed by atoms with Gasteiger partial charge in [0.15, 0.2) is 0 Å². The second-order valence-corrected chi connectivity index (χ2v) is 5.13. The molecule has 0 aliphatic carbocycles. The molecule has 0 aromatic heterocycles. The molecule has 0 bridgehead atoms. The van der Waals surface area contributed by atoms with E-state index in [-0.39, 0.29) is 0 Å². The van der Waals surface area contributed by atoms with Gasteiger partial charge in [0, 0.05) is 28.4 Å². The quantitative estimate of drug-likeness (QED) is 0.583. The van der Waals surface area contributed by atoms with Gasteiger partial charge in [-0.1, -0.05) is 13.8 Å². The summed E-state index contributed by atoms with van der Waals surface area (Å²) < 4.78 is 0. The first kappa shape index (κ1) is 14.9. The molecule has 4 nitrogen and oxygen atoms in total. The van der Waals surface area contributed by atoms with Gasteiger partial charge in [0.1, 0.15) is 0 Å². The van der Waals surface area contributed by atoms with E-state index in [1.54, 1.807) is 23.9 Å². The predicted octanol–water partition coefficient (Wildman–Crippen LogP) is 1.80. The number of hydrogen-bond acceptors (Lipinski definition) is 4. The molecule has 1 aromatic rings. The maximum Gasteiger partial charge on any atom is 0.248 e. The van der Waals surface area contributed by atoms with Crippen LogP contribution in [-0.2, 0) is 0 Å². The molecule has 18 heavy (non-hydrogen) atoms. The molecule has 100 valence electrons. The average molecular weight is 267 g/mol. The highest BCUT2D eigenvalue weighted by Gasteiger charge is 2.06. The Hall–Kier alpha value is -1.20. The van der Waals surface area contributed by atoms with Gasteiger partial charge in [-0.25, -0.2) is 0 Å². The molecular weight excluding hydrogens is 246 g/mol. The van der Waals surface area contributed by atoms with Crippen molar-refractivity contribution in [3.05, 3.63) is 23.8 Å². The fourth-order valence-electron chi connectivity index (χ4n) is 1.66. The van der Waals surface area contributed by atoms with Crippen LogP contribution in [0.3, 0.4) is 0 Å². The summed E-state index contributed by atoms with van der Waals surface area (Å²) in [4.78, 5) is 14.4. The number of thioether (sulfide) groups is 1. The lowest BCUT2D eigenvalue weighted by atomic mass is 10.2. The summed E-state index contributed by atoms with van der Waals surface area (Å²) in [5.74, 6) is 0.545. The lowest BCUT2D eigenvalue weighted by molar-refractivity contribution is 0.100. The molecule has 0 unspecified atom stereocenters. The minimum Gasteiger partial charge on any atom is -0.398 e. The number of nitrogens with zero attached hydrogens (tertiary/aromatic N) is 1. The van der Waals surface area contributed by atoms with Crippen molar-refractivity contribution in [2.45, 2.75) is 18.7 Å². The highest BCUT2D eigenvalue weighted by molar-refractivity contribution is 7.99. The number of anilines is 1. The molecule has 1 rings (SSSR count). The molecule has 0 radical (unpaired) electrons. The van der Waals surface area contributed by atoms with Crippen molar-refractivity contribution in [1.29, 1.82) is 0 Å². The van der Waals surface area contributed by atoms with Crippen molar-refractivity contribution >= 4 is 23.4 Å². The monoisotopic (exact) mass is 267 g/mol. The summed E-state index contributed by atoms with van der Waals surface area (Å²) in [5, 5.41) is 0. The number of hydrogen-bond donors (Lipinski definition) is 2. The number of carbonyl (C=O) groups is 1. The Labute approximate surface area is 113 Å². The number of primary amides is 1. The standard InChI is InChI=1S/C13H21N3OS/c1-3-16(4-2)7-8-18-12-6-5-10(13(15)17)9-11(12)14/h5-6,9H,3-4,7-8,14H2,1-2H3,(H2,15,17). The maximum atomic E-state index is 11.0. The molecule has 1 aromatic carbocycles. The molecule has 1 amide bonds. The molecule has 0 aliphatic heterocycles. The Morgan fingerprint density at radius 2 is 2.00 bits per heavy atom. The van der Waals surface area contributed by atoms with E-state index in [0.29, 0.717) is 11.3 Å². The van der Waals surface area contributed by atoms with E-state index in [2.05, 4.69) is 18.7 Å². The zero-order valence-corrected chi connectivity index (χ0v) is 11.8. The summed E-state index contributed by atoms with van der Waals surface area (Å²) in [6.45, 7) is 7.48. The Morgan fingerprint density at radius 1 is 1.33 bits per heavy atom. The number of nitrogens with two attached hydrogens (primary N) is 2. The van der Waals surface area contributed by atoms with E-state index in [0.717, 1.165) is 30.3 Å². The molecule has 5 heteroatoms. The van der Waals surface area contributed by atoms with Crippen LogP contribution >= 0.6 is 11.8 Å². The third-order valence-electron chi connectivity index (χ3n) is 2.85. The van der Waals surface area contributed by atoms with E-state index < -0.39 is 5.91 Å². The minimum absolute atomic E-state index is 0.443. The summed E-state index contributed by atoms with van der Waals surface area (Å²) in [5.41, 5.74) is 12.2. The van der Waals surface area contributed by atoms with E-state index >= 15 is 0 Å². The largest absolute Gasteiger partial charge is 0.398 e. The van der Waals surface area contributed by atoms with Crippen molar-refractivity contribution in [2.75, 3.05) is 31.1 Å². The lowest BCUT2D eigenvalue weighted by Gasteiger charge is -2.17. The van der Waals surface area contributed by atoms with Crippen LogP contribution in [0.4, 0.5) is 5.69 Å². The third kappa shape index (κ3) is 4.23. The zero-order chi connectivity index (χ0) is 13.5. The van der Waals surface area contributed by atoms with Gasteiger partial charge in [-0.15, -0.1) is 11.8 Å². The summed E-state index contributed by atoms with van der Waals surface area (Å²) in [6, 6.07) is 5.23. The van der Waals surface area contributed by atoms with Crippen LogP contribution in [0, 0.1) is 0 Å². The van der Waals surface area contributed by atoms with Crippen LogP contribution in [0.15, 0.2) is 23.1 Å². The Morgan fingerprint density at radius 3 is 2.50 bits per heavy atom. The molecule has 0 aliphatic rings. The van der Waals surface area contributed by atoms with Crippen molar-refractivity contribution in [3.63, 3.8) is 0 Å². The molecule has 0 atom stereocenters. The SMILES string of the molecule is CCN(CC)CCSc1ccc(C(N)=O)cc1N. The average Bonchev–Trinajstić information content (AvgIpc) is 2.36. The normalized spacial score (nSPS) is 10.8. The molecule has 0 saturated heterocycles. The number of nitrogen functional groups attached to an aromatic ring is 1. The van der Waals surface area contributed by atoms with E-state index in [9.17, 15) is 4.79 Å². The first-order valence-corrected chi connectivity index (χ1v) is 7.11. The fraction of sp³-hybridized carbons (Fsp3) is 0.462. The highest BCUT2D eigenvalue weighted by Crippen LogP contribution is 2.25. The van der Waals surface area contributed by atoms with Gasteiger partial charge in [-0.05, 0) is 31.3 Å². The third-order valence-corrected chi connectivity index (χ3v) is 3.92. The van der Waals surface area contributed by atoms with Crippen LogP contribution in [0.2, 0.25) is 0 Å². The van der Waals surface area contributed by atoms with Gasteiger partial charge in [0.25, 0.3) is 0 Å². The van der Waals surface area contributed by atoms with Crippen molar-refractivity contribution < 1.29 is 4.79 Å². The van der Waals surface area contributed by atoms with Crippen molar-refractivity contribution in [2.24, 2.45) is 5.73 Å². The van der Waals surface area contributed by atoms with Crippen molar-refractivity contribution in [1.82, 2.24) is 4.90 Å². The summed E-state index contributed by atoms with van der Waals surface area (Å²) >= 11 is 1.71. The van der Waals surface area contributed by atoms with Gasteiger partial charge in [0.2, 0.25) is 5.91 Å². The minimum atomic E-state index is -0.443. The van der Waals surface area contributed by atoms with Crippen LogP contribution < -0.4 is 11.5 Å². The first-order valence-electron chi connectivity index (χ1n) is 6.13. The van der Waals surface area contributed by atoms with Gasteiger partial charge in [-0.3, -0.25) is 4.79 Å². The van der Waals surface area contributed by atoms with Crippen LogP contribution in [0.1, 0.15) is 24.2 Å². The maximum absolute atomic E-state index is 11.0. The number of amides is 1. The Kier molecular flexibility index (Phi) is 6.01. The molecule has 4 N–H and O–H groups in total. The van der Waals surface area contributed by atoms with E-state index in [1.165, 1.54) is 0 Å². The Balaban J connectivity index is 2.55. The van der Waals surface area contributed by atoms with Crippen LogP contribution in [0.5, 0.6) is 0 Å². The fourth-order valence-corrected chi connectivity index (χ4v) is 2.62. The zero-order valence-electron chi connectivity index (χ0n) is 11.0. The van der Waals surface area contributed by atoms with Gasteiger partial charge < -0.3 is 16.4 Å². The number of benzene rings is 1. The lowest BCUT2D eigenvalue weighted by Crippen LogP contribution is -2.25. The van der Waals surface area contributed by atoms with Crippen LogP contribution in [-0.4, -0.2) is 36.2 Å². The van der Waals surface area contributed by atoms with E-state index in [1.807, 2.05) is 6.07 Å². The smallest absolute Gasteiger partial charge is 0.248 e. The molecule has 0 fully saturated rings. The first-order chi connectivity index (χ1) is 8.58. The predicted molar refractivity (Wildman–Crippen MR) is 77.9 cm³/mol. The molecular formula is C13H21N3OS. The summed E-state index contributed by atoms with van der Waals surface area (Å²) in [7, 11) is 0. The van der Waals surface area contributed by atoms with Crippen molar-refractivity contribution in [3.8, 4) is 0 Å². The number of rotatable bonds is 7.